The molecular weight excluding hydrogens is 430 g/mol. The van der Waals surface area contributed by atoms with Crippen LogP contribution in [0.5, 0.6) is 5.75 Å². The number of carbonyl (C=O) groups is 1. The van der Waals surface area contributed by atoms with E-state index in [1.54, 1.807) is 6.07 Å². The molecule has 188 valence electrons. The van der Waals surface area contributed by atoms with E-state index in [1.165, 1.54) is 0 Å². The van der Waals surface area contributed by atoms with Crippen LogP contribution in [0.1, 0.15) is 66.4 Å². The minimum Gasteiger partial charge on any atom is -0.479 e. The van der Waals surface area contributed by atoms with Crippen molar-refractivity contribution in [3.8, 4) is 5.75 Å². The molecule has 1 saturated heterocycles. The quantitative estimate of drug-likeness (QED) is 0.350. The van der Waals surface area contributed by atoms with Crippen molar-refractivity contribution in [3.63, 3.8) is 0 Å². The number of nitrogens with one attached hydrogen (secondary N) is 1. The van der Waals surface area contributed by atoms with E-state index < -0.39 is 36.7 Å². The number of hydrogen-bond donors (Lipinski definition) is 5. The molecule has 1 aliphatic heterocycles. The van der Waals surface area contributed by atoms with Crippen LogP contribution in [0.15, 0.2) is 18.2 Å². The highest BCUT2D eigenvalue weighted by molar-refractivity contribution is 5.73. The fraction of sp³-hybridized carbons (Fsp3) is 0.708. The molecule has 0 aliphatic carbocycles. The van der Waals surface area contributed by atoms with Crippen molar-refractivity contribution < 1.29 is 39.4 Å². The molecule has 0 bridgehead atoms. The SMILES string of the molecule is CCCC(C)(CC)Nc1cc(COC(C)(C)C)ccc1OC1OC(C(=O)O)C(O)C(O)C1O. The average molecular weight is 470 g/mol. The molecule has 1 aromatic carbocycles. The van der Waals surface area contributed by atoms with Crippen LogP contribution >= 0.6 is 0 Å². The Balaban J connectivity index is 2.36. The zero-order valence-electron chi connectivity index (χ0n) is 20.4. The van der Waals surface area contributed by atoms with Crippen LogP contribution in [0.2, 0.25) is 0 Å². The Bertz CT molecular complexity index is 795. The van der Waals surface area contributed by atoms with E-state index in [2.05, 4.69) is 26.1 Å². The summed E-state index contributed by atoms with van der Waals surface area (Å²) >= 11 is 0. The molecule has 1 aliphatic rings. The average Bonchev–Trinajstić information content (AvgIpc) is 2.73. The van der Waals surface area contributed by atoms with Crippen molar-refractivity contribution in [2.45, 2.75) is 109 Å². The van der Waals surface area contributed by atoms with E-state index in [0.717, 1.165) is 24.8 Å². The van der Waals surface area contributed by atoms with E-state index in [0.29, 0.717) is 18.0 Å². The second-order valence-corrected chi connectivity index (χ2v) is 9.87. The Labute approximate surface area is 195 Å². The lowest BCUT2D eigenvalue weighted by molar-refractivity contribution is -0.271. The van der Waals surface area contributed by atoms with Crippen LogP contribution in [0.3, 0.4) is 0 Å². The van der Waals surface area contributed by atoms with Crippen molar-refractivity contribution in [2.24, 2.45) is 0 Å². The third kappa shape index (κ3) is 7.28. The van der Waals surface area contributed by atoms with E-state index >= 15 is 0 Å². The molecule has 6 unspecified atom stereocenters. The largest absolute Gasteiger partial charge is 0.479 e. The maximum atomic E-state index is 11.4. The number of hydrogen-bond acceptors (Lipinski definition) is 8. The molecule has 2 rings (SSSR count). The molecule has 0 radical (unpaired) electrons. The number of aliphatic hydroxyl groups excluding tert-OH is 3. The van der Waals surface area contributed by atoms with Gasteiger partial charge in [0.05, 0.1) is 17.9 Å². The normalized spacial score (nSPS) is 27.6. The number of aliphatic hydroxyl groups is 3. The fourth-order valence-corrected chi connectivity index (χ4v) is 3.65. The molecule has 1 fully saturated rings. The van der Waals surface area contributed by atoms with Crippen molar-refractivity contribution in [1.82, 2.24) is 0 Å². The number of benzene rings is 1. The third-order valence-electron chi connectivity index (χ3n) is 5.79. The minimum atomic E-state index is -1.78. The summed E-state index contributed by atoms with van der Waals surface area (Å²) < 4.78 is 17.0. The summed E-state index contributed by atoms with van der Waals surface area (Å²) in [5, 5.41) is 43.2. The van der Waals surface area contributed by atoms with Crippen LogP contribution in [0.4, 0.5) is 5.69 Å². The Morgan fingerprint density at radius 2 is 1.76 bits per heavy atom. The third-order valence-corrected chi connectivity index (χ3v) is 5.79. The van der Waals surface area contributed by atoms with Gasteiger partial charge in [-0.15, -0.1) is 0 Å². The number of ether oxygens (including phenoxy) is 3. The maximum absolute atomic E-state index is 11.4. The van der Waals surface area contributed by atoms with Gasteiger partial charge in [0.1, 0.15) is 24.1 Å². The van der Waals surface area contributed by atoms with E-state index in [-0.39, 0.29) is 11.1 Å². The highest BCUT2D eigenvalue weighted by atomic mass is 16.7. The minimum absolute atomic E-state index is 0.234. The first-order valence-electron chi connectivity index (χ1n) is 11.4. The molecular formula is C24H39NO8. The molecule has 1 heterocycles. The first-order chi connectivity index (χ1) is 15.3. The number of rotatable bonds is 10. The summed E-state index contributed by atoms with van der Waals surface area (Å²) in [4.78, 5) is 11.4. The number of anilines is 1. The van der Waals surface area contributed by atoms with Gasteiger partial charge in [-0.05, 0) is 58.2 Å². The maximum Gasteiger partial charge on any atom is 0.335 e. The van der Waals surface area contributed by atoms with Gasteiger partial charge in [-0.2, -0.15) is 0 Å². The Morgan fingerprint density at radius 3 is 2.30 bits per heavy atom. The molecule has 33 heavy (non-hydrogen) atoms. The predicted molar refractivity (Wildman–Crippen MR) is 123 cm³/mol. The summed E-state index contributed by atoms with van der Waals surface area (Å²) in [6.07, 6.45) is -5.65. The van der Waals surface area contributed by atoms with Gasteiger partial charge < -0.3 is 40.0 Å². The highest BCUT2D eigenvalue weighted by Gasteiger charge is 2.48. The number of carboxylic acid groups (broad SMARTS) is 1. The van der Waals surface area contributed by atoms with Gasteiger partial charge in [-0.3, -0.25) is 0 Å². The smallest absolute Gasteiger partial charge is 0.335 e. The Hall–Kier alpha value is -1.91. The summed E-state index contributed by atoms with van der Waals surface area (Å²) in [5.41, 5.74) is 0.984. The topological polar surface area (TPSA) is 138 Å². The van der Waals surface area contributed by atoms with E-state index in [1.807, 2.05) is 32.9 Å². The van der Waals surface area contributed by atoms with Crippen molar-refractivity contribution >= 4 is 11.7 Å². The van der Waals surface area contributed by atoms with Gasteiger partial charge in [-0.1, -0.05) is 26.3 Å². The summed E-state index contributed by atoms with van der Waals surface area (Å²) in [6, 6.07) is 5.39. The second-order valence-electron chi connectivity index (χ2n) is 9.87. The lowest BCUT2D eigenvalue weighted by Crippen LogP contribution is -2.61. The Kier molecular flexibility index (Phi) is 9.12. The number of aliphatic carboxylic acids is 1. The van der Waals surface area contributed by atoms with Gasteiger partial charge in [0.2, 0.25) is 6.29 Å². The van der Waals surface area contributed by atoms with Gasteiger partial charge in [0.15, 0.2) is 6.10 Å². The molecule has 9 heteroatoms. The lowest BCUT2D eigenvalue weighted by Gasteiger charge is -2.39. The first-order valence-corrected chi connectivity index (χ1v) is 11.4. The molecule has 1 aromatic rings. The molecule has 0 aromatic heterocycles. The number of carboxylic acids is 1. The van der Waals surface area contributed by atoms with Crippen molar-refractivity contribution in [1.29, 1.82) is 0 Å². The first kappa shape index (κ1) is 27.3. The molecule has 5 N–H and O–H groups in total. The van der Waals surface area contributed by atoms with E-state index in [4.69, 9.17) is 14.2 Å². The van der Waals surface area contributed by atoms with Crippen LogP contribution in [-0.4, -0.2) is 68.2 Å². The van der Waals surface area contributed by atoms with E-state index in [9.17, 15) is 25.2 Å². The zero-order chi connectivity index (χ0) is 25.0. The van der Waals surface area contributed by atoms with Crippen LogP contribution < -0.4 is 10.1 Å². The van der Waals surface area contributed by atoms with Gasteiger partial charge in [0, 0.05) is 5.54 Å². The van der Waals surface area contributed by atoms with Crippen molar-refractivity contribution in [2.75, 3.05) is 5.32 Å². The summed E-state index contributed by atoms with van der Waals surface area (Å²) in [7, 11) is 0. The lowest BCUT2D eigenvalue weighted by atomic mass is 9.92. The van der Waals surface area contributed by atoms with Crippen LogP contribution in [0, 0.1) is 0 Å². The highest BCUT2D eigenvalue weighted by Crippen LogP contribution is 2.34. The molecule has 9 nitrogen and oxygen atoms in total. The monoisotopic (exact) mass is 469 g/mol. The molecule has 0 saturated carbocycles. The van der Waals surface area contributed by atoms with Gasteiger partial charge in [-0.25, -0.2) is 4.79 Å². The van der Waals surface area contributed by atoms with Crippen molar-refractivity contribution in [3.05, 3.63) is 23.8 Å². The summed E-state index contributed by atoms with van der Waals surface area (Å²) in [5.74, 6) is -1.14. The standard InChI is InChI=1S/C24H39NO8/c1-7-11-24(6,8-2)25-15-12-14(13-31-23(3,4)5)9-10-16(15)32-22-19(28)17(26)18(27)20(33-22)21(29)30/h9-10,12,17-20,22,25-28H,7-8,11,13H2,1-6H3,(H,29,30). The van der Waals surface area contributed by atoms with Crippen LogP contribution in [0.25, 0.3) is 0 Å². The van der Waals surface area contributed by atoms with Gasteiger partial charge >= 0.3 is 5.97 Å². The molecule has 0 amide bonds. The zero-order valence-corrected chi connectivity index (χ0v) is 20.4. The van der Waals surface area contributed by atoms with Crippen LogP contribution in [-0.2, 0) is 20.9 Å². The summed E-state index contributed by atoms with van der Waals surface area (Å²) in [6.45, 7) is 12.6. The fourth-order valence-electron chi connectivity index (χ4n) is 3.65. The predicted octanol–water partition coefficient (Wildman–Crippen LogP) is 2.65. The molecule has 6 atom stereocenters. The van der Waals surface area contributed by atoms with Gasteiger partial charge in [0.25, 0.3) is 0 Å². The Morgan fingerprint density at radius 1 is 1.09 bits per heavy atom. The molecule has 0 spiro atoms. The second kappa shape index (κ2) is 11.0.